The molecule has 20 heavy (non-hydrogen) atoms. The van der Waals surface area contributed by atoms with Gasteiger partial charge in [0.05, 0.1) is 30.8 Å². The van der Waals surface area contributed by atoms with E-state index in [9.17, 15) is 10.4 Å². The van der Waals surface area contributed by atoms with Crippen LogP contribution in [0.5, 0.6) is 0 Å². The number of hydrogen-bond donors (Lipinski definition) is 1. The van der Waals surface area contributed by atoms with Gasteiger partial charge in [-0.25, -0.2) is 0 Å². The van der Waals surface area contributed by atoms with Gasteiger partial charge in [-0.1, -0.05) is 49.6 Å². The first kappa shape index (κ1) is 15.0. The van der Waals surface area contributed by atoms with Gasteiger partial charge in [-0.3, -0.25) is 0 Å². The van der Waals surface area contributed by atoms with Crippen molar-refractivity contribution in [3.05, 3.63) is 35.9 Å². The minimum absolute atomic E-state index is 0.304. The molecule has 0 spiro atoms. The van der Waals surface area contributed by atoms with Crippen molar-refractivity contribution >= 4 is 0 Å². The van der Waals surface area contributed by atoms with Crippen LogP contribution in [-0.2, 0) is 11.3 Å². The average Bonchev–Trinajstić information content (AvgIpc) is 2.49. The monoisotopic (exact) mass is 273 g/mol. The van der Waals surface area contributed by atoms with Crippen LogP contribution in [0.2, 0.25) is 0 Å². The fraction of sp³-hybridized carbons (Fsp3) is 0.588. The Morgan fingerprint density at radius 3 is 2.55 bits per heavy atom. The number of hydrogen-bond acceptors (Lipinski definition) is 3. The summed E-state index contributed by atoms with van der Waals surface area (Å²) < 4.78 is 5.55. The topological polar surface area (TPSA) is 53.2 Å². The van der Waals surface area contributed by atoms with Gasteiger partial charge in [-0.05, 0) is 24.8 Å². The maximum absolute atomic E-state index is 10.1. The normalized spacial score (nSPS) is 19.2. The molecule has 1 aliphatic carbocycles. The zero-order valence-corrected chi connectivity index (χ0v) is 11.9. The van der Waals surface area contributed by atoms with Crippen molar-refractivity contribution in [3.8, 4) is 6.07 Å². The lowest BCUT2D eigenvalue weighted by molar-refractivity contribution is 0.00445. The second kappa shape index (κ2) is 7.42. The van der Waals surface area contributed by atoms with E-state index >= 15 is 0 Å². The highest BCUT2D eigenvalue weighted by Gasteiger charge is 2.34. The quantitative estimate of drug-likeness (QED) is 0.864. The summed E-state index contributed by atoms with van der Waals surface area (Å²) in [6, 6.07) is 12.4. The largest absolute Gasteiger partial charge is 0.391 e. The minimum Gasteiger partial charge on any atom is -0.391 e. The molecule has 0 unspecified atom stereocenters. The average molecular weight is 273 g/mol. The van der Waals surface area contributed by atoms with Crippen molar-refractivity contribution in [2.24, 2.45) is 5.41 Å². The van der Waals surface area contributed by atoms with Crippen LogP contribution in [0.1, 0.15) is 44.1 Å². The summed E-state index contributed by atoms with van der Waals surface area (Å²) in [5.41, 5.74) is 0.778. The van der Waals surface area contributed by atoms with Gasteiger partial charge >= 0.3 is 0 Å². The Balaban J connectivity index is 1.74. The maximum Gasteiger partial charge on any atom is 0.0789 e. The summed E-state index contributed by atoms with van der Waals surface area (Å²) in [7, 11) is 0. The Labute approximate surface area is 121 Å². The van der Waals surface area contributed by atoms with Crippen LogP contribution in [0.15, 0.2) is 30.3 Å². The molecule has 0 aromatic heterocycles. The molecular formula is C17H23NO2. The van der Waals surface area contributed by atoms with E-state index < -0.39 is 6.10 Å². The second-order valence-corrected chi connectivity index (χ2v) is 5.81. The number of benzene rings is 1. The highest BCUT2D eigenvalue weighted by atomic mass is 16.5. The molecule has 2 rings (SSSR count). The molecule has 0 aliphatic heterocycles. The van der Waals surface area contributed by atoms with Crippen LogP contribution in [0.4, 0.5) is 0 Å². The van der Waals surface area contributed by atoms with Crippen molar-refractivity contribution in [2.75, 3.05) is 6.61 Å². The lowest BCUT2D eigenvalue weighted by atomic mass is 9.72. The number of nitriles is 1. The van der Waals surface area contributed by atoms with Crippen LogP contribution < -0.4 is 0 Å². The summed E-state index contributed by atoms with van der Waals surface area (Å²) in [4.78, 5) is 0. The van der Waals surface area contributed by atoms with Gasteiger partial charge in [0, 0.05) is 0 Å². The molecule has 3 heteroatoms. The minimum atomic E-state index is -0.545. The molecule has 0 saturated heterocycles. The van der Waals surface area contributed by atoms with E-state index in [0.29, 0.717) is 19.6 Å². The molecule has 1 aromatic carbocycles. The first-order valence-electron chi connectivity index (χ1n) is 7.45. The van der Waals surface area contributed by atoms with E-state index in [1.54, 1.807) is 0 Å². The molecular weight excluding hydrogens is 250 g/mol. The zero-order chi connectivity index (χ0) is 14.3. The molecule has 0 amide bonds. The molecule has 3 nitrogen and oxygen atoms in total. The van der Waals surface area contributed by atoms with Gasteiger partial charge in [-0.15, -0.1) is 0 Å². The summed E-state index contributed by atoms with van der Waals surface area (Å²) in [6.45, 7) is 0.815. The van der Waals surface area contributed by atoms with Gasteiger partial charge in [-0.2, -0.15) is 5.26 Å². The molecule has 1 aromatic rings. The van der Waals surface area contributed by atoms with E-state index in [0.717, 1.165) is 31.2 Å². The SMILES string of the molecule is N#CC1(C[C@@H](O)COCc2ccccc2)CCCCC1. The zero-order valence-electron chi connectivity index (χ0n) is 11.9. The van der Waals surface area contributed by atoms with Crippen LogP contribution in [-0.4, -0.2) is 17.8 Å². The summed E-state index contributed by atoms with van der Waals surface area (Å²) in [5.74, 6) is 0. The molecule has 0 heterocycles. The van der Waals surface area contributed by atoms with E-state index in [2.05, 4.69) is 6.07 Å². The van der Waals surface area contributed by atoms with Gasteiger partial charge in [0.15, 0.2) is 0 Å². The number of nitrogens with zero attached hydrogens (tertiary/aromatic N) is 1. The number of ether oxygens (including phenoxy) is 1. The first-order chi connectivity index (χ1) is 9.74. The van der Waals surface area contributed by atoms with Gasteiger partial charge in [0.25, 0.3) is 0 Å². The summed E-state index contributed by atoms with van der Waals surface area (Å²) in [5, 5.41) is 19.5. The maximum atomic E-state index is 10.1. The molecule has 1 atom stereocenters. The van der Waals surface area contributed by atoms with E-state index in [-0.39, 0.29) is 5.41 Å². The Morgan fingerprint density at radius 2 is 1.90 bits per heavy atom. The third-order valence-corrected chi connectivity index (χ3v) is 4.10. The molecule has 1 aliphatic rings. The van der Waals surface area contributed by atoms with E-state index in [1.165, 1.54) is 6.42 Å². The highest BCUT2D eigenvalue weighted by Crippen LogP contribution is 2.39. The first-order valence-corrected chi connectivity index (χ1v) is 7.45. The number of aliphatic hydroxyl groups excluding tert-OH is 1. The Morgan fingerprint density at radius 1 is 1.20 bits per heavy atom. The van der Waals surface area contributed by atoms with Crippen molar-refractivity contribution in [1.29, 1.82) is 5.26 Å². The van der Waals surface area contributed by atoms with Crippen LogP contribution in [0.25, 0.3) is 0 Å². The highest BCUT2D eigenvalue weighted by molar-refractivity contribution is 5.13. The summed E-state index contributed by atoms with van der Waals surface area (Å²) in [6.07, 6.45) is 5.24. The van der Waals surface area contributed by atoms with Gasteiger partial charge < -0.3 is 9.84 Å². The fourth-order valence-corrected chi connectivity index (χ4v) is 2.99. The molecule has 0 bridgehead atoms. The van der Waals surface area contributed by atoms with Gasteiger partial charge in [0.2, 0.25) is 0 Å². The molecule has 1 fully saturated rings. The Hall–Kier alpha value is -1.37. The number of aliphatic hydroxyl groups is 1. The van der Waals surface area contributed by atoms with Crippen molar-refractivity contribution in [1.82, 2.24) is 0 Å². The fourth-order valence-electron chi connectivity index (χ4n) is 2.99. The predicted octanol–water partition coefficient (Wildman–Crippen LogP) is 3.43. The third kappa shape index (κ3) is 4.33. The molecule has 1 saturated carbocycles. The number of rotatable bonds is 6. The van der Waals surface area contributed by atoms with Crippen molar-refractivity contribution in [3.63, 3.8) is 0 Å². The van der Waals surface area contributed by atoms with Crippen molar-refractivity contribution in [2.45, 2.75) is 51.2 Å². The Bertz CT molecular complexity index is 432. The lowest BCUT2D eigenvalue weighted by Crippen LogP contribution is -2.30. The van der Waals surface area contributed by atoms with E-state index in [4.69, 9.17) is 4.74 Å². The smallest absolute Gasteiger partial charge is 0.0789 e. The predicted molar refractivity (Wildman–Crippen MR) is 77.9 cm³/mol. The van der Waals surface area contributed by atoms with Crippen LogP contribution >= 0.6 is 0 Å². The van der Waals surface area contributed by atoms with Crippen molar-refractivity contribution < 1.29 is 9.84 Å². The summed E-state index contributed by atoms with van der Waals surface area (Å²) >= 11 is 0. The Kier molecular flexibility index (Phi) is 5.58. The van der Waals surface area contributed by atoms with E-state index in [1.807, 2.05) is 30.3 Å². The standard InChI is InChI=1S/C17H23NO2/c18-14-17(9-5-2-6-10-17)11-16(19)13-20-12-15-7-3-1-4-8-15/h1,3-4,7-8,16,19H,2,5-6,9-13H2/t16-/m1/s1. The lowest BCUT2D eigenvalue weighted by Gasteiger charge is -2.32. The van der Waals surface area contributed by atoms with Crippen LogP contribution in [0.3, 0.4) is 0 Å². The molecule has 0 radical (unpaired) electrons. The van der Waals surface area contributed by atoms with Gasteiger partial charge in [0.1, 0.15) is 0 Å². The third-order valence-electron chi connectivity index (χ3n) is 4.10. The molecule has 1 N–H and O–H groups in total. The van der Waals surface area contributed by atoms with Crippen LogP contribution in [0, 0.1) is 16.7 Å². The molecule has 108 valence electrons. The second-order valence-electron chi connectivity index (χ2n) is 5.81.